The second-order valence-electron chi connectivity index (χ2n) is 8.32. The summed E-state index contributed by atoms with van der Waals surface area (Å²) in [5.41, 5.74) is 3.79. The number of aromatic nitrogens is 2. The van der Waals surface area contributed by atoms with Gasteiger partial charge in [-0.2, -0.15) is 0 Å². The molecule has 2 aromatic heterocycles. The smallest absolute Gasteiger partial charge is 0.265 e. The van der Waals surface area contributed by atoms with E-state index in [0.717, 1.165) is 50.4 Å². The van der Waals surface area contributed by atoms with Crippen LogP contribution in [0.1, 0.15) is 39.7 Å². The fraction of sp³-hybridized carbons (Fsp3) is 0.571. The molecule has 1 amide bonds. The summed E-state index contributed by atoms with van der Waals surface area (Å²) in [5.74, 6) is 0.628. The monoisotopic (exact) mass is 414 g/mol. The van der Waals surface area contributed by atoms with Gasteiger partial charge in [-0.05, 0) is 24.8 Å². The fourth-order valence-electron chi connectivity index (χ4n) is 4.95. The highest BCUT2D eigenvalue weighted by atomic mass is 32.1. The molecule has 2 bridgehead atoms. The third kappa shape index (κ3) is 3.76. The number of hydrogen-bond donors (Lipinski definition) is 0. The summed E-state index contributed by atoms with van der Waals surface area (Å²) < 4.78 is 7.51. The maximum absolute atomic E-state index is 13.2. The van der Waals surface area contributed by atoms with Gasteiger partial charge in [-0.15, -0.1) is 11.3 Å². The molecule has 0 spiro atoms. The number of carbonyl (C=O) groups excluding carboxylic acids is 1. The average Bonchev–Trinajstić information content (AvgIpc) is 3.15. The molecule has 154 valence electrons. The van der Waals surface area contributed by atoms with Gasteiger partial charge in [-0.3, -0.25) is 19.5 Å². The third-order valence-corrected chi connectivity index (χ3v) is 7.08. The van der Waals surface area contributed by atoms with Gasteiger partial charge in [-0.1, -0.05) is 6.07 Å². The standard InChI is InChI=1S/C21H26N4O3S/c26-20-16(12-23-4-1-6-28-7-5-23)2-3-18-17-8-15(11-25(18)20)10-24(13-17)21(27)19-9-22-14-29-19/h2-3,9,14-15,17H,1,4-8,10-13H2/t15-,17+/m0/s1. The van der Waals surface area contributed by atoms with Crippen LogP contribution in [0.15, 0.2) is 28.6 Å². The van der Waals surface area contributed by atoms with Crippen LogP contribution in [0.4, 0.5) is 0 Å². The highest BCUT2D eigenvalue weighted by Crippen LogP contribution is 2.36. The maximum Gasteiger partial charge on any atom is 0.265 e. The van der Waals surface area contributed by atoms with Gasteiger partial charge in [0.05, 0.1) is 18.3 Å². The van der Waals surface area contributed by atoms with E-state index in [1.54, 1.807) is 11.7 Å². The summed E-state index contributed by atoms with van der Waals surface area (Å²) in [6.45, 7) is 6.17. The van der Waals surface area contributed by atoms with Crippen LogP contribution in [0, 0.1) is 5.92 Å². The first-order valence-electron chi connectivity index (χ1n) is 10.4. The Kier molecular flexibility index (Phi) is 5.24. The van der Waals surface area contributed by atoms with E-state index < -0.39 is 0 Å². The molecule has 5 heterocycles. The van der Waals surface area contributed by atoms with E-state index in [-0.39, 0.29) is 17.4 Å². The van der Waals surface area contributed by atoms with Crippen LogP contribution in [0.2, 0.25) is 0 Å². The summed E-state index contributed by atoms with van der Waals surface area (Å²) in [5, 5.41) is 0. The van der Waals surface area contributed by atoms with Crippen molar-refractivity contribution in [2.75, 3.05) is 39.4 Å². The second kappa shape index (κ2) is 8.01. The van der Waals surface area contributed by atoms with Gasteiger partial charge in [0.2, 0.25) is 0 Å². The highest BCUT2D eigenvalue weighted by molar-refractivity contribution is 7.11. The number of hydrogen-bond acceptors (Lipinski definition) is 6. The summed E-state index contributed by atoms with van der Waals surface area (Å²) in [7, 11) is 0. The van der Waals surface area contributed by atoms with E-state index >= 15 is 0 Å². The van der Waals surface area contributed by atoms with Gasteiger partial charge in [-0.25, -0.2) is 0 Å². The van der Waals surface area contributed by atoms with Gasteiger partial charge in [0.15, 0.2) is 0 Å². The van der Waals surface area contributed by atoms with Crippen molar-refractivity contribution in [1.29, 1.82) is 0 Å². The summed E-state index contributed by atoms with van der Waals surface area (Å²) in [4.78, 5) is 35.0. The molecule has 2 aromatic rings. The lowest BCUT2D eigenvalue weighted by atomic mass is 9.83. The quantitative estimate of drug-likeness (QED) is 0.766. The molecule has 0 aliphatic carbocycles. The molecule has 5 rings (SSSR count). The first-order chi connectivity index (χ1) is 14.2. The average molecular weight is 415 g/mol. The normalized spacial score (nSPS) is 24.8. The molecule has 2 fully saturated rings. The summed E-state index contributed by atoms with van der Waals surface area (Å²) in [6, 6.07) is 4.12. The Morgan fingerprint density at radius 2 is 2.14 bits per heavy atom. The second-order valence-corrected chi connectivity index (χ2v) is 9.20. The molecule has 3 aliphatic rings. The molecule has 0 N–H and O–H groups in total. The van der Waals surface area contributed by atoms with Crippen LogP contribution in [0.5, 0.6) is 0 Å². The van der Waals surface area contributed by atoms with Gasteiger partial charge in [0.25, 0.3) is 11.5 Å². The lowest BCUT2D eigenvalue weighted by Crippen LogP contribution is -2.49. The van der Waals surface area contributed by atoms with Crippen molar-refractivity contribution in [1.82, 2.24) is 19.4 Å². The predicted molar refractivity (Wildman–Crippen MR) is 110 cm³/mol. The molecule has 0 saturated carbocycles. The lowest BCUT2D eigenvalue weighted by Gasteiger charge is -2.42. The van der Waals surface area contributed by atoms with Crippen molar-refractivity contribution < 1.29 is 9.53 Å². The van der Waals surface area contributed by atoms with E-state index in [2.05, 4.69) is 16.0 Å². The van der Waals surface area contributed by atoms with Crippen LogP contribution in [0.25, 0.3) is 0 Å². The molecule has 7 nitrogen and oxygen atoms in total. The van der Waals surface area contributed by atoms with Gasteiger partial charge in [0.1, 0.15) is 4.88 Å². The largest absolute Gasteiger partial charge is 0.380 e. The Bertz CT molecular complexity index is 934. The molecule has 0 unspecified atom stereocenters. The number of pyridine rings is 1. The van der Waals surface area contributed by atoms with E-state index in [1.165, 1.54) is 11.3 Å². The molecule has 0 radical (unpaired) electrons. The van der Waals surface area contributed by atoms with Crippen molar-refractivity contribution >= 4 is 17.2 Å². The van der Waals surface area contributed by atoms with Crippen molar-refractivity contribution in [2.45, 2.75) is 31.8 Å². The number of amides is 1. The summed E-state index contributed by atoms with van der Waals surface area (Å²) in [6.07, 6.45) is 3.71. The Morgan fingerprint density at radius 3 is 3.00 bits per heavy atom. The molecule has 8 heteroatoms. The fourth-order valence-corrected chi connectivity index (χ4v) is 5.54. The number of carbonyl (C=O) groups is 1. The first-order valence-corrected chi connectivity index (χ1v) is 11.3. The third-order valence-electron chi connectivity index (χ3n) is 6.32. The van der Waals surface area contributed by atoms with Crippen LogP contribution in [-0.2, 0) is 17.8 Å². The van der Waals surface area contributed by atoms with E-state index in [4.69, 9.17) is 4.74 Å². The minimum absolute atomic E-state index is 0.0676. The molecule has 2 saturated heterocycles. The van der Waals surface area contributed by atoms with Gasteiger partial charge < -0.3 is 14.2 Å². The van der Waals surface area contributed by atoms with Crippen LogP contribution < -0.4 is 5.56 Å². The minimum Gasteiger partial charge on any atom is -0.380 e. The van der Waals surface area contributed by atoms with Gasteiger partial charge >= 0.3 is 0 Å². The molecular formula is C21H26N4O3S. The van der Waals surface area contributed by atoms with Crippen molar-refractivity contribution in [3.63, 3.8) is 0 Å². The Morgan fingerprint density at radius 1 is 1.21 bits per heavy atom. The number of thiazole rings is 1. The topological polar surface area (TPSA) is 67.7 Å². The number of piperidine rings is 1. The molecule has 2 atom stereocenters. The Labute approximate surface area is 173 Å². The number of likely N-dealkylation sites (tertiary alicyclic amines) is 1. The zero-order valence-corrected chi connectivity index (χ0v) is 17.3. The Hall–Kier alpha value is -2.03. The van der Waals surface area contributed by atoms with Crippen molar-refractivity contribution in [3.8, 4) is 0 Å². The SMILES string of the molecule is O=C(c1cncs1)N1C[C@@H]2C[C@H](C1)c1ccc(CN3CCCOCC3)c(=O)n1C2. The zero-order valence-electron chi connectivity index (χ0n) is 16.5. The van der Waals surface area contributed by atoms with E-state index in [0.29, 0.717) is 37.0 Å². The van der Waals surface area contributed by atoms with Crippen LogP contribution in [0.3, 0.4) is 0 Å². The first kappa shape index (κ1) is 19.0. The lowest BCUT2D eigenvalue weighted by molar-refractivity contribution is 0.0598. The zero-order chi connectivity index (χ0) is 19.8. The minimum atomic E-state index is 0.0676. The van der Waals surface area contributed by atoms with E-state index in [1.807, 2.05) is 15.5 Å². The number of ether oxygens (including phenoxy) is 1. The molecular weight excluding hydrogens is 388 g/mol. The van der Waals surface area contributed by atoms with Gasteiger partial charge in [0, 0.05) is 63.1 Å². The van der Waals surface area contributed by atoms with Crippen LogP contribution >= 0.6 is 11.3 Å². The summed E-state index contributed by atoms with van der Waals surface area (Å²) >= 11 is 1.39. The Balaban J connectivity index is 1.36. The number of rotatable bonds is 3. The van der Waals surface area contributed by atoms with Crippen LogP contribution in [-0.4, -0.2) is 64.7 Å². The number of nitrogens with zero attached hydrogens (tertiary/aromatic N) is 4. The van der Waals surface area contributed by atoms with Crippen molar-refractivity contribution in [3.05, 3.63) is 50.3 Å². The molecule has 29 heavy (non-hydrogen) atoms. The maximum atomic E-state index is 13.2. The molecule has 3 aliphatic heterocycles. The number of fused-ring (bicyclic) bond motifs is 4. The molecule has 0 aromatic carbocycles. The highest BCUT2D eigenvalue weighted by Gasteiger charge is 2.37. The van der Waals surface area contributed by atoms with E-state index in [9.17, 15) is 9.59 Å². The van der Waals surface area contributed by atoms with Crippen molar-refractivity contribution in [2.24, 2.45) is 5.92 Å². The predicted octanol–water partition coefficient (Wildman–Crippen LogP) is 1.79.